The molecule has 2 aromatic rings. The summed E-state index contributed by atoms with van der Waals surface area (Å²) in [4.78, 5) is 11.8. The number of benzene rings is 2. The molecule has 0 bridgehead atoms. The minimum absolute atomic E-state index is 0.114. The third-order valence-electron chi connectivity index (χ3n) is 4.90. The van der Waals surface area contributed by atoms with Crippen LogP contribution in [0.25, 0.3) is 0 Å². The molecule has 0 N–H and O–H groups in total. The van der Waals surface area contributed by atoms with Crippen LogP contribution in [0.4, 0.5) is 0 Å². The van der Waals surface area contributed by atoms with E-state index in [2.05, 4.69) is 12.1 Å². The third-order valence-corrected chi connectivity index (χ3v) is 4.90. The molecule has 0 saturated carbocycles. The van der Waals surface area contributed by atoms with Crippen LogP contribution < -0.4 is 14.2 Å². The Labute approximate surface area is 166 Å². The lowest BCUT2D eigenvalue weighted by atomic mass is 9.98. The highest BCUT2D eigenvalue weighted by Crippen LogP contribution is 2.37. The SMILES string of the molecule is CCOC(=O)C[C@@H]1CCc2cc(OCCCOc3cccc(OC)c3)ccc21. The predicted molar refractivity (Wildman–Crippen MR) is 107 cm³/mol. The molecular weight excluding hydrogens is 356 g/mol. The molecule has 0 spiro atoms. The fourth-order valence-corrected chi connectivity index (χ4v) is 3.53. The van der Waals surface area contributed by atoms with Gasteiger partial charge in [0.2, 0.25) is 0 Å². The number of fused-ring (bicyclic) bond motifs is 1. The summed E-state index contributed by atoms with van der Waals surface area (Å²) in [5.41, 5.74) is 2.53. The molecule has 0 fully saturated rings. The average molecular weight is 384 g/mol. The number of carbonyl (C=O) groups excluding carboxylic acids is 1. The lowest BCUT2D eigenvalue weighted by molar-refractivity contribution is -0.143. The first-order valence-corrected chi connectivity index (χ1v) is 9.87. The Morgan fingerprint density at radius 3 is 2.54 bits per heavy atom. The van der Waals surface area contributed by atoms with E-state index in [1.807, 2.05) is 37.3 Å². The van der Waals surface area contributed by atoms with E-state index >= 15 is 0 Å². The van der Waals surface area contributed by atoms with E-state index in [4.69, 9.17) is 18.9 Å². The Bertz CT molecular complexity index is 786. The second kappa shape index (κ2) is 10.0. The minimum Gasteiger partial charge on any atom is -0.497 e. The van der Waals surface area contributed by atoms with Gasteiger partial charge in [0.1, 0.15) is 17.2 Å². The quantitative estimate of drug-likeness (QED) is 0.445. The minimum atomic E-state index is -0.114. The normalized spacial score (nSPS) is 15.0. The highest BCUT2D eigenvalue weighted by atomic mass is 16.5. The first kappa shape index (κ1) is 20.1. The molecule has 0 unspecified atom stereocenters. The Balaban J connectivity index is 1.43. The van der Waals surface area contributed by atoms with Crippen molar-refractivity contribution in [1.29, 1.82) is 0 Å². The van der Waals surface area contributed by atoms with Crippen molar-refractivity contribution >= 4 is 5.97 Å². The third kappa shape index (κ3) is 5.41. The number of carbonyl (C=O) groups is 1. The first-order chi connectivity index (χ1) is 13.7. The summed E-state index contributed by atoms with van der Waals surface area (Å²) >= 11 is 0. The molecule has 150 valence electrons. The molecule has 2 aromatic carbocycles. The van der Waals surface area contributed by atoms with Gasteiger partial charge < -0.3 is 18.9 Å². The maximum atomic E-state index is 11.8. The second-order valence-corrected chi connectivity index (χ2v) is 6.83. The van der Waals surface area contributed by atoms with Gasteiger partial charge in [-0.15, -0.1) is 0 Å². The van der Waals surface area contributed by atoms with E-state index in [1.54, 1.807) is 7.11 Å². The molecule has 3 rings (SSSR count). The number of ether oxygens (including phenoxy) is 4. The van der Waals surface area contributed by atoms with Crippen LogP contribution in [0.1, 0.15) is 43.2 Å². The van der Waals surface area contributed by atoms with E-state index in [0.717, 1.165) is 36.5 Å². The smallest absolute Gasteiger partial charge is 0.306 e. The molecule has 0 radical (unpaired) electrons. The van der Waals surface area contributed by atoms with E-state index < -0.39 is 0 Å². The van der Waals surface area contributed by atoms with Gasteiger partial charge in [-0.1, -0.05) is 12.1 Å². The van der Waals surface area contributed by atoms with Gasteiger partial charge in [-0.2, -0.15) is 0 Å². The van der Waals surface area contributed by atoms with Crippen molar-refractivity contribution in [3.05, 3.63) is 53.6 Å². The molecule has 0 aliphatic heterocycles. The molecule has 0 aromatic heterocycles. The summed E-state index contributed by atoms with van der Waals surface area (Å²) in [6, 6.07) is 13.8. The molecule has 1 aliphatic rings. The van der Waals surface area contributed by atoms with Gasteiger partial charge in [-0.25, -0.2) is 0 Å². The molecule has 1 atom stereocenters. The van der Waals surface area contributed by atoms with Crippen molar-refractivity contribution in [1.82, 2.24) is 0 Å². The topological polar surface area (TPSA) is 54.0 Å². The van der Waals surface area contributed by atoms with Gasteiger partial charge in [-0.3, -0.25) is 4.79 Å². The molecule has 0 saturated heterocycles. The number of esters is 1. The Morgan fingerprint density at radius 2 is 1.79 bits per heavy atom. The van der Waals surface area contributed by atoms with Gasteiger partial charge in [0.15, 0.2) is 0 Å². The maximum Gasteiger partial charge on any atom is 0.306 e. The van der Waals surface area contributed by atoms with E-state index in [-0.39, 0.29) is 11.9 Å². The Morgan fingerprint density at radius 1 is 1.04 bits per heavy atom. The first-order valence-electron chi connectivity index (χ1n) is 9.87. The molecule has 28 heavy (non-hydrogen) atoms. The summed E-state index contributed by atoms with van der Waals surface area (Å²) < 4.78 is 21.9. The van der Waals surface area contributed by atoms with Crippen LogP contribution in [0, 0.1) is 0 Å². The number of rotatable bonds is 10. The van der Waals surface area contributed by atoms with Gasteiger partial charge in [0.25, 0.3) is 0 Å². The summed E-state index contributed by atoms with van der Waals surface area (Å²) in [5, 5.41) is 0. The fourth-order valence-electron chi connectivity index (χ4n) is 3.53. The standard InChI is InChI=1S/C23H28O5/c1-3-26-23(24)15-18-9-8-17-14-21(10-11-22(17)18)28-13-5-12-27-20-7-4-6-19(16-20)25-2/h4,6-7,10-11,14,16,18H,3,5,8-9,12-13,15H2,1-2H3/t18-/m0/s1. The Kier molecular flexibility index (Phi) is 7.18. The summed E-state index contributed by atoms with van der Waals surface area (Å²) in [7, 11) is 1.64. The second-order valence-electron chi connectivity index (χ2n) is 6.83. The Hall–Kier alpha value is -2.69. The lowest BCUT2D eigenvalue weighted by Gasteiger charge is -2.12. The van der Waals surface area contributed by atoms with Gasteiger partial charge in [0.05, 0.1) is 33.4 Å². The van der Waals surface area contributed by atoms with Crippen molar-refractivity contribution in [2.75, 3.05) is 26.9 Å². The van der Waals surface area contributed by atoms with Crippen molar-refractivity contribution < 1.29 is 23.7 Å². The zero-order valence-electron chi connectivity index (χ0n) is 16.6. The monoisotopic (exact) mass is 384 g/mol. The van der Waals surface area contributed by atoms with Crippen LogP contribution in [0.5, 0.6) is 17.2 Å². The predicted octanol–water partition coefficient (Wildman–Crippen LogP) is 4.53. The maximum absolute atomic E-state index is 11.8. The number of methoxy groups -OCH3 is 1. The number of hydrogen-bond donors (Lipinski definition) is 0. The lowest BCUT2D eigenvalue weighted by Crippen LogP contribution is -2.08. The van der Waals surface area contributed by atoms with Crippen molar-refractivity contribution in [3.63, 3.8) is 0 Å². The average Bonchev–Trinajstić information content (AvgIpc) is 3.10. The summed E-state index contributed by atoms with van der Waals surface area (Å²) in [5.74, 6) is 2.60. The largest absolute Gasteiger partial charge is 0.497 e. The van der Waals surface area contributed by atoms with Crippen molar-refractivity contribution in [2.45, 2.75) is 38.5 Å². The van der Waals surface area contributed by atoms with E-state index in [0.29, 0.717) is 26.2 Å². The summed E-state index contributed by atoms with van der Waals surface area (Å²) in [6.07, 6.45) is 3.23. The van der Waals surface area contributed by atoms with Crippen LogP contribution >= 0.6 is 0 Å². The molecule has 0 heterocycles. The van der Waals surface area contributed by atoms with Crippen LogP contribution in [-0.2, 0) is 16.0 Å². The van der Waals surface area contributed by atoms with Crippen molar-refractivity contribution in [2.24, 2.45) is 0 Å². The zero-order chi connectivity index (χ0) is 19.8. The fraction of sp³-hybridized carbons (Fsp3) is 0.435. The van der Waals surface area contributed by atoms with Crippen LogP contribution in [-0.4, -0.2) is 32.9 Å². The molecule has 5 nitrogen and oxygen atoms in total. The van der Waals surface area contributed by atoms with Crippen LogP contribution in [0.3, 0.4) is 0 Å². The van der Waals surface area contributed by atoms with Gasteiger partial charge in [0, 0.05) is 12.5 Å². The highest BCUT2D eigenvalue weighted by molar-refractivity contribution is 5.71. The van der Waals surface area contributed by atoms with Crippen LogP contribution in [0.15, 0.2) is 42.5 Å². The molecular formula is C23H28O5. The number of aryl methyl sites for hydroxylation is 1. The van der Waals surface area contributed by atoms with Crippen LogP contribution in [0.2, 0.25) is 0 Å². The highest BCUT2D eigenvalue weighted by Gasteiger charge is 2.25. The zero-order valence-corrected chi connectivity index (χ0v) is 16.6. The molecule has 5 heteroatoms. The van der Waals surface area contributed by atoms with E-state index in [9.17, 15) is 4.79 Å². The summed E-state index contributed by atoms with van der Waals surface area (Å²) in [6.45, 7) is 3.45. The van der Waals surface area contributed by atoms with E-state index in [1.165, 1.54) is 11.1 Å². The molecule has 1 aliphatic carbocycles. The van der Waals surface area contributed by atoms with Gasteiger partial charge >= 0.3 is 5.97 Å². The number of hydrogen-bond acceptors (Lipinski definition) is 5. The van der Waals surface area contributed by atoms with Gasteiger partial charge in [-0.05, 0) is 61.1 Å². The molecule has 0 amide bonds. The van der Waals surface area contributed by atoms with Crippen molar-refractivity contribution in [3.8, 4) is 17.2 Å².